The number of hydrogen-bond donors (Lipinski definition) is 3. The lowest BCUT2D eigenvalue weighted by atomic mass is 10.2. The van der Waals surface area contributed by atoms with E-state index >= 15 is 0 Å². The molecule has 0 bridgehead atoms. The van der Waals surface area contributed by atoms with Gasteiger partial charge in [0.25, 0.3) is 0 Å². The minimum absolute atomic E-state index is 0.491. The monoisotopic (exact) mass is 259 g/mol. The molecule has 0 atom stereocenters. The van der Waals surface area contributed by atoms with Crippen molar-refractivity contribution in [2.45, 2.75) is 13.3 Å². The van der Waals surface area contributed by atoms with E-state index in [1.165, 1.54) is 16.9 Å². The van der Waals surface area contributed by atoms with Crippen molar-refractivity contribution in [2.75, 3.05) is 12.3 Å². The summed E-state index contributed by atoms with van der Waals surface area (Å²) in [7, 11) is 0. The molecule has 0 saturated carbocycles. The van der Waals surface area contributed by atoms with Crippen LogP contribution >= 0.6 is 11.3 Å². The number of nitrogens with two attached hydrogens (primary N) is 1. The minimum Gasteiger partial charge on any atom is -0.390 e. The van der Waals surface area contributed by atoms with Crippen molar-refractivity contribution < 1.29 is 0 Å². The maximum Gasteiger partial charge on any atom is 0.0955 e. The molecule has 1 aromatic heterocycles. The number of anilines is 1. The molecule has 0 spiro atoms. The molecule has 2 rings (SSSR count). The fraction of sp³-hybridized carbons (Fsp3) is 0.214. The van der Waals surface area contributed by atoms with E-state index in [1.54, 1.807) is 6.92 Å². The molecule has 1 aliphatic carbocycles. The second-order valence-corrected chi connectivity index (χ2v) is 5.39. The second kappa shape index (κ2) is 5.23. The van der Waals surface area contributed by atoms with E-state index in [-0.39, 0.29) is 0 Å². The third-order valence-corrected chi connectivity index (χ3v) is 3.86. The van der Waals surface area contributed by atoms with Crippen LogP contribution < -0.4 is 11.1 Å². The Kier molecular flexibility index (Phi) is 3.67. The highest BCUT2D eigenvalue weighted by Crippen LogP contribution is 2.29. The Hall–Kier alpha value is -1.81. The molecule has 0 fully saturated rings. The molecule has 1 aliphatic rings. The smallest absolute Gasteiger partial charge is 0.0955 e. The van der Waals surface area contributed by atoms with E-state index in [0.717, 1.165) is 29.1 Å². The average Bonchev–Trinajstić information content (AvgIpc) is 2.94. The summed E-state index contributed by atoms with van der Waals surface area (Å²) in [5.74, 6) is 0. The molecule has 3 nitrogen and oxygen atoms in total. The van der Waals surface area contributed by atoms with Crippen molar-refractivity contribution in [1.82, 2.24) is 5.32 Å². The first-order chi connectivity index (χ1) is 8.58. The van der Waals surface area contributed by atoms with Gasteiger partial charge in [0.2, 0.25) is 0 Å². The van der Waals surface area contributed by atoms with Gasteiger partial charge in [-0.05, 0) is 25.0 Å². The van der Waals surface area contributed by atoms with Gasteiger partial charge in [0.15, 0.2) is 0 Å². The van der Waals surface area contributed by atoms with Crippen LogP contribution in [-0.2, 0) is 0 Å². The van der Waals surface area contributed by atoms with Gasteiger partial charge in [-0.25, -0.2) is 0 Å². The third kappa shape index (κ3) is 2.71. The normalized spacial score (nSPS) is 13.5. The zero-order chi connectivity index (χ0) is 13.1. The van der Waals surface area contributed by atoms with Crippen LogP contribution in [0.15, 0.2) is 36.4 Å². The Bertz CT molecular complexity index is 549. The van der Waals surface area contributed by atoms with Crippen LogP contribution in [0.5, 0.6) is 0 Å². The molecule has 94 valence electrons. The number of rotatable bonds is 5. The third-order valence-electron chi connectivity index (χ3n) is 2.84. The minimum atomic E-state index is 0.491. The zero-order valence-corrected chi connectivity index (χ0v) is 11.2. The molecular weight excluding hydrogens is 242 g/mol. The lowest BCUT2D eigenvalue weighted by Gasteiger charge is -2.08. The number of thiophene rings is 1. The zero-order valence-electron chi connectivity index (χ0n) is 10.4. The van der Waals surface area contributed by atoms with Crippen LogP contribution in [0.25, 0.3) is 5.70 Å². The van der Waals surface area contributed by atoms with Crippen LogP contribution in [0.2, 0.25) is 0 Å². The van der Waals surface area contributed by atoms with E-state index < -0.39 is 0 Å². The topological polar surface area (TPSA) is 61.9 Å². The van der Waals surface area contributed by atoms with Gasteiger partial charge in [-0.1, -0.05) is 24.8 Å². The summed E-state index contributed by atoms with van der Waals surface area (Å²) in [5, 5.41) is 11.6. The largest absolute Gasteiger partial charge is 0.390 e. The molecule has 0 amide bonds. The number of hydrogen-bond acceptors (Lipinski definition) is 4. The second-order valence-electron chi connectivity index (χ2n) is 4.30. The fourth-order valence-corrected chi connectivity index (χ4v) is 2.71. The summed E-state index contributed by atoms with van der Waals surface area (Å²) < 4.78 is 0. The van der Waals surface area contributed by atoms with Gasteiger partial charge in [0, 0.05) is 23.5 Å². The van der Waals surface area contributed by atoms with E-state index in [0.29, 0.717) is 10.7 Å². The van der Waals surface area contributed by atoms with Crippen LogP contribution in [0.3, 0.4) is 0 Å². The summed E-state index contributed by atoms with van der Waals surface area (Å²) in [6.07, 6.45) is 7.34. The predicted octanol–water partition coefficient (Wildman–Crippen LogP) is 3.16. The van der Waals surface area contributed by atoms with Gasteiger partial charge < -0.3 is 16.5 Å². The van der Waals surface area contributed by atoms with E-state index in [1.807, 2.05) is 6.07 Å². The highest BCUT2D eigenvalue weighted by atomic mass is 32.1. The Morgan fingerprint density at radius 1 is 1.61 bits per heavy atom. The molecule has 0 radical (unpaired) electrons. The van der Waals surface area contributed by atoms with Crippen molar-refractivity contribution in [3.8, 4) is 0 Å². The lowest BCUT2D eigenvalue weighted by Crippen LogP contribution is -2.13. The Labute approximate surface area is 111 Å². The van der Waals surface area contributed by atoms with Gasteiger partial charge in [0.1, 0.15) is 0 Å². The van der Waals surface area contributed by atoms with Gasteiger partial charge in [-0.2, -0.15) is 0 Å². The summed E-state index contributed by atoms with van der Waals surface area (Å²) in [6, 6.07) is 1.93. The SMILES string of the molecule is C=C(NCC1=CC=CC1)c1cc(C(C)=N)c(N)s1. The molecule has 0 aromatic carbocycles. The van der Waals surface area contributed by atoms with Gasteiger partial charge in [-0.15, -0.1) is 11.3 Å². The number of nitrogens with one attached hydrogen (secondary N) is 2. The first kappa shape index (κ1) is 12.6. The highest BCUT2D eigenvalue weighted by Gasteiger charge is 2.10. The molecule has 4 heteroatoms. The van der Waals surface area contributed by atoms with E-state index in [4.69, 9.17) is 11.1 Å². The summed E-state index contributed by atoms with van der Waals surface area (Å²) in [5.41, 5.74) is 9.40. The first-order valence-corrected chi connectivity index (χ1v) is 6.62. The summed E-state index contributed by atoms with van der Waals surface area (Å²) >= 11 is 1.47. The van der Waals surface area contributed by atoms with Crippen LogP contribution in [0, 0.1) is 5.41 Å². The van der Waals surface area contributed by atoms with Crippen molar-refractivity contribution in [3.05, 3.63) is 46.9 Å². The molecule has 0 saturated heterocycles. The van der Waals surface area contributed by atoms with Crippen molar-refractivity contribution >= 4 is 27.7 Å². The van der Waals surface area contributed by atoms with Crippen molar-refractivity contribution in [3.63, 3.8) is 0 Å². The van der Waals surface area contributed by atoms with Crippen LogP contribution in [0.4, 0.5) is 5.00 Å². The number of allylic oxidation sites excluding steroid dienone is 3. The Balaban J connectivity index is 2.00. The molecule has 1 heterocycles. The quantitative estimate of drug-likeness (QED) is 0.711. The van der Waals surface area contributed by atoms with Gasteiger partial charge in [-0.3, -0.25) is 0 Å². The average molecular weight is 259 g/mol. The van der Waals surface area contributed by atoms with Crippen LogP contribution in [0.1, 0.15) is 23.8 Å². The molecule has 4 N–H and O–H groups in total. The summed E-state index contributed by atoms with van der Waals surface area (Å²) in [6.45, 7) is 6.58. The summed E-state index contributed by atoms with van der Waals surface area (Å²) in [4.78, 5) is 1.00. The van der Waals surface area contributed by atoms with Crippen molar-refractivity contribution in [2.24, 2.45) is 0 Å². The number of nitrogen functional groups attached to an aromatic ring is 1. The highest BCUT2D eigenvalue weighted by molar-refractivity contribution is 7.17. The maximum absolute atomic E-state index is 7.63. The van der Waals surface area contributed by atoms with Crippen LogP contribution in [-0.4, -0.2) is 12.3 Å². The van der Waals surface area contributed by atoms with Gasteiger partial charge >= 0.3 is 0 Å². The predicted molar refractivity (Wildman–Crippen MR) is 80.1 cm³/mol. The molecule has 0 aliphatic heterocycles. The van der Waals surface area contributed by atoms with Gasteiger partial charge in [0.05, 0.1) is 9.88 Å². The lowest BCUT2D eigenvalue weighted by molar-refractivity contribution is 0.941. The fourth-order valence-electron chi connectivity index (χ4n) is 1.78. The standard InChI is InChI=1S/C14H17N3S/c1-9(15)12-7-13(18-14(12)16)10(2)17-8-11-5-3-4-6-11/h3-5,7,15,17H,2,6,8,16H2,1H3. The van der Waals surface area contributed by atoms with E-state index in [2.05, 4.69) is 30.1 Å². The molecular formula is C14H17N3S. The molecule has 0 unspecified atom stereocenters. The molecule has 18 heavy (non-hydrogen) atoms. The first-order valence-electron chi connectivity index (χ1n) is 5.80. The Morgan fingerprint density at radius 2 is 2.39 bits per heavy atom. The Morgan fingerprint density at radius 3 is 2.94 bits per heavy atom. The molecule has 1 aromatic rings. The van der Waals surface area contributed by atoms with E-state index in [9.17, 15) is 0 Å². The van der Waals surface area contributed by atoms with Crippen molar-refractivity contribution in [1.29, 1.82) is 5.41 Å². The maximum atomic E-state index is 7.63.